The number of anilines is 1. The summed E-state index contributed by atoms with van der Waals surface area (Å²) in [5.74, 6) is 0.865. The number of hydrogen-bond donors (Lipinski definition) is 1. The summed E-state index contributed by atoms with van der Waals surface area (Å²) >= 11 is 1.54. The second-order valence-corrected chi connectivity index (χ2v) is 7.60. The number of hydrogen-bond acceptors (Lipinski definition) is 7. The van der Waals surface area contributed by atoms with Gasteiger partial charge in [0, 0.05) is 36.6 Å². The van der Waals surface area contributed by atoms with Crippen LogP contribution in [-0.4, -0.2) is 51.2 Å². The molecule has 1 spiro atoms. The van der Waals surface area contributed by atoms with Gasteiger partial charge in [-0.25, -0.2) is 9.97 Å². The SMILES string of the molecule is Nc1ncc2c(n1)C1(CCN(C(=O)CSc3ccncc3)CC1)OCC2. The number of carbonyl (C=O) groups excluding carboxylic acids is 1. The van der Waals surface area contributed by atoms with Crippen molar-refractivity contribution in [1.29, 1.82) is 0 Å². The molecule has 2 aromatic rings. The number of thioether (sulfide) groups is 1. The maximum Gasteiger partial charge on any atom is 0.232 e. The van der Waals surface area contributed by atoms with Crippen molar-refractivity contribution in [2.24, 2.45) is 0 Å². The highest BCUT2D eigenvalue weighted by Gasteiger charge is 2.43. The molecule has 1 fully saturated rings. The van der Waals surface area contributed by atoms with E-state index in [1.165, 1.54) is 0 Å². The largest absolute Gasteiger partial charge is 0.368 e. The molecule has 1 amide bonds. The molecule has 2 aliphatic rings. The second-order valence-electron chi connectivity index (χ2n) is 6.55. The molecule has 2 N–H and O–H groups in total. The van der Waals surface area contributed by atoms with Gasteiger partial charge in [-0.05, 0) is 37.0 Å². The summed E-state index contributed by atoms with van der Waals surface area (Å²) < 4.78 is 6.15. The third-order valence-corrected chi connectivity index (χ3v) is 6.00. The zero-order chi connectivity index (χ0) is 18.0. The molecule has 4 rings (SSSR count). The third kappa shape index (κ3) is 3.39. The first-order valence-corrected chi connectivity index (χ1v) is 9.71. The van der Waals surface area contributed by atoms with Gasteiger partial charge in [0.1, 0.15) is 5.60 Å². The summed E-state index contributed by atoms with van der Waals surface area (Å²) in [7, 11) is 0. The number of piperidine rings is 1. The fourth-order valence-electron chi connectivity index (χ4n) is 3.59. The van der Waals surface area contributed by atoms with Crippen molar-refractivity contribution in [2.45, 2.75) is 29.8 Å². The Morgan fingerprint density at radius 1 is 1.31 bits per heavy atom. The standard InChI is InChI=1S/C18H21N5O2S/c19-17-21-11-13-3-10-25-18(16(13)22-17)4-8-23(9-5-18)15(24)12-26-14-1-6-20-7-2-14/h1-2,6-7,11H,3-5,8-10,12H2,(H2,19,21,22). The maximum absolute atomic E-state index is 12.5. The molecule has 1 saturated heterocycles. The molecular weight excluding hydrogens is 350 g/mol. The van der Waals surface area contributed by atoms with E-state index < -0.39 is 5.60 Å². The molecule has 0 radical (unpaired) electrons. The fraction of sp³-hybridized carbons (Fsp3) is 0.444. The summed E-state index contributed by atoms with van der Waals surface area (Å²) in [6.07, 6.45) is 7.57. The number of nitrogens with two attached hydrogens (primary N) is 1. The van der Waals surface area contributed by atoms with Crippen LogP contribution in [-0.2, 0) is 21.6 Å². The van der Waals surface area contributed by atoms with E-state index in [0.717, 1.165) is 35.4 Å². The molecule has 4 heterocycles. The predicted molar refractivity (Wildman–Crippen MR) is 98.6 cm³/mol. The van der Waals surface area contributed by atoms with E-state index in [1.807, 2.05) is 23.2 Å². The third-order valence-electron chi connectivity index (χ3n) is 5.00. The molecule has 0 bridgehead atoms. The van der Waals surface area contributed by atoms with Crippen LogP contribution in [0, 0.1) is 0 Å². The number of amides is 1. The molecule has 0 atom stereocenters. The molecule has 0 aliphatic carbocycles. The number of pyridine rings is 1. The lowest BCUT2D eigenvalue weighted by Crippen LogP contribution is -2.49. The molecule has 8 heteroatoms. The van der Waals surface area contributed by atoms with Crippen molar-refractivity contribution in [3.8, 4) is 0 Å². The second kappa shape index (κ2) is 7.20. The van der Waals surface area contributed by atoms with Crippen molar-refractivity contribution < 1.29 is 9.53 Å². The highest BCUT2D eigenvalue weighted by atomic mass is 32.2. The molecule has 2 aliphatic heterocycles. The Morgan fingerprint density at radius 3 is 2.85 bits per heavy atom. The lowest BCUT2D eigenvalue weighted by Gasteiger charge is -2.44. The normalized spacial score (nSPS) is 18.5. The summed E-state index contributed by atoms with van der Waals surface area (Å²) in [6.45, 7) is 1.99. The van der Waals surface area contributed by atoms with Gasteiger partial charge in [-0.2, -0.15) is 0 Å². The number of rotatable bonds is 3. The number of likely N-dealkylation sites (tertiary alicyclic amines) is 1. The van der Waals surface area contributed by atoms with Crippen LogP contribution in [0.15, 0.2) is 35.6 Å². The molecule has 0 aromatic carbocycles. The molecule has 7 nitrogen and oxygen atoms in total. The number of aromatic nitrogens is 3. The summed E-state index contributed by atoms with van der Waals surface area (Å²) in [5, 5.41) is 0. The van der Waals surface area contributed by atoms with Crippen molar-refractivity contribution >= 4 is 23.6 Å². The lowest BCUT2D eigenvalue weighted by molar-refractivity contribution is -0.138. The van der Waals surface area contributed by atoms with Crippen molar-refractivity contribution in [3.63, 3.8) is 0 Å². The van der Waals surface area contributed by atoms with E-state index in [1.54, 1.807) is 24.2 Å². The number of fused-ring (bicyclic) bond motifs is 2. The Balaban J connectivity index is 1.40. The molecule has 136 valence electrons. The average molecular weight is 371 g/mol. The van der Waals surface area contributed by atoms with Crippen molar-refractivity contribution in [2.75, 3.05) is 31.2 Å². The highest BCUT2D eigenvalue weighted by Crippen LogP contribution is 2.40. The van der Waals surface area contributed by atoms with Crippen molar-refractivity contribution in [3.05, 3.63) is 42.0 Å². The Morgan fingerprint density at radius 2 is 2.08 bits per heavy atom. The minimum atomic E-state index is -0.431. The Labute approximate surface area is 156 Å². The number of nitrogen functional groups attached to an aromatic ring is 1. The van der Waals surface area contributed by atoms with Gasteiger partial charge in [0.2, 0.25) is 11.9 Å². The quantitative estimate of drug-likeness (QED) is 0.820. The van der Waals surface area contributed by atoms with Crippen LogP contribution in [0.4, 0.5) is 5.95 Å². The van der Waals surface area contributed by atoms with E-state index in [4.69, 9.17) is 10.5 Å². The first-order chi connectivity index (χ1) is 12.7. The van der Waals surface area contributed by atoms with Gasteiger partial charge in [0.05, 0.1) is 18.1 Å². The van der Waals surface area contributed by atoms with E-state index in [0.29, 0.717) is 25.4 Å². The zero-order valence-corrected chi connectivity index (χ0v) is 15.2. The smallest absolute Gasteiger partial charge is 0.232 e. The van der Waals surface area contributed by atoms with Gasteiger partial charge in [-0.3, -0.25) is 9.78 Å². The first kappa shape index (κ1) is 17.2. The first-order valence-electron chi connectivity index (χ1n) is 8.73. The van der Waals surface area contributed by atoms with E-state index in [-0.39, 0.29) is 11.9 Å². The van der Waals surface area contributed by atoms with Crippen LogP contribution in [0.3, 0.4) is 0 Å². The summed E-state index contributed by atoms with van der Waals surface area (Å²) in [6, 6.07) is 3.83. The minimum Gasteiger partial charge on any atom is -0.368 e. The molecule has 2 aromatic heterocycles. The van der Waals surface area contributed by atoms with Crippen LogP contribution in [0.25, 0.3) is 0 Å². The van der Waals surface area contributed by atoms with Gasteiger partial charge in [0.15, 0.2) is 0 Å². The molecular formula is C18H21N5O2S. The van der Waals surface area contributed by atoms with Crippen LogP contribution < -0.4 is 5.73 Å². The van der Waals surface area contributed by atoms with E-state index in [2.05, 4.69) is 15.0 Å². The Kier molecular flexibility index (Phi) is 4.78. The summed E-state index contributed by atoms with van der Waals surface area (Å²) in [4.78, 5) is 28.1. The van der Waals surface area contributed by atoms with Gasteiger partial charge < -0.3 is 15.4 Å². The van der Waals surface area contributed by atoms with Gasteiger partial charge in [0.25, 0.3) is 0 Å². The number of nitrogens with zero attached hydrogens (tertiary/aromatic N) is 4. The minimum absolute atomic E-state index is 0.153. The fourth-order valence-corrected chi connectivity index (χ4v) is 4.38. The molecule has 26 heavy (non-hydrogen) atoms. The molecule has 0 unspecified atom stereocenters. The predicted octanol–water partition coefficient (Wildman–Crippen LogP) is 1.64. The van der Waals surface area contributed by atoms with Crippen LogP contribution in [0.1, 0.15) is 24.1 Å². The zero-order valence-electron chi connectivity index (χ0n) is 14.4. The average Bonchev–Trinajstić information content (AvgIpc) is 2.68. The van der Waals surface area contributed by atoms with Crippen molar-refractivity contribution in [1.82, 2.24) is 19.9 Å². The Hall–Kier alpha value is -2.19. The Bertz CT molecular complexity index is 793. The molecule has 0 saturated carbocycles. The number of ether oxygens (including phenoxy) is 1. The summed E-state index contributed by atoms with van der Waals surface area (Å²) in [5.41, 5.74) is 7.38. The van der Waals surface area contributed by atoms with Gasteiger partial charge in [-0.1, -0.05) is 0 Å². The van der Waals surface area contributed by atoms with Crippen LogP contribution >= 0.6 is 11.8 Å². The van der Waals surface area contributed by atoms with E-state index in [9.17, 15) is 4.79 Å². The lowest BCUT2D eigenvalue weighted by atomic mass is 9.83. The highest BCUT2D eigenvalue weighted by molar-refractivity contribution is 8.00. The van der Waals surface area contributed by atoms with Gasteiger partial charge in [-0.15, -0.1) is 11.8 Å². The maximum atomic E-state index is 12.5. The van der Waals surface area contributed by atoms with Crippen LogP contribution in [0.5, 0.6) is 0 Å². The topological polar surface area (TPSA) is 94.2 Å². The van der Waals surface area contributed by atoms with Gasteiger partial charge >= 0.3 is 0 Å². The monoisotopic (exact) mass is 371 g/mol. The van der Waals surface area contributed by atoms with Crippen LogP contribution in [0.2, 0.25) is 0 Å². The number of carbonyl (C=O) groups is 1. The van der Waals surface area contributed by atoms with E-state index >= 15 is 0 Å².